The molecule has 0 amide bonds. The minimum absolute atomic E-state index is 0.402. The Bertz CT molecular complexity index is 124. The summed E-state index contributed by atoms with van der Waals surface area (Å²) in [4.78, 5) is 0. The third kappa shape index (κ3) is 8.93. The van der Waals surface area contributed by atoms with Crippen molar-refractivity contribution in [2.45, 2.75) is 65.1 Å². The quantitative estimate of drug-likeness (QED) is 0.630. The first kappa shape index (κ1) is 14.4. The van der Waals surface area contributed by atoms with Crippen LogP contribution in [0.3, 0.4) is 0 Å². The number of hydrogen-bond acceptors (Lipinski definition) is 2. The molecule has 0 heterocycles. The fourth-order valence-corrected chi connectivity index (χ4v) is 7.42. The Morgan fingerprint density at radius 1 is 0.786 bits per heavy atom. The highest BCUT2D eigenvalue weighted by atomic mass is 28.3. The van der Waals surface area contributed by atoms with Crippen molar-refractivity contribution >= 4 is 18.1 Å². The molecule has 2 nitrogen and oxygen atoms in total. The van der Waals surface area contributed by atoms with Gasteiger partial charge in [-0.15, -0.1) is 0 Å². The van der Waals surface area contributed by atoms with E-state index in [1.54, 1.807) is 0 Å². The highest BCUT2D eigenvalue weighted by Gasteiger charge is 2.12. The summed E-state index contributed by atoms with van der Waals surface area (Å²) in [5.41, 5.74) is 0. The first-order valence-corrected chi connectivity index (χ1v) is 10.6. The predicted octanol–water partition coefficient (Wildman–Crippen LogP) is 2.54. The lowest BCUT2D eigenvalue weighted by molar-refractivity contribution is 0.238. The molecule has 0 spiro atoms. The topological polar surface area (TPSA) is 18.5 Å². The zero-order valence-corrected chi connectivity index (χ0v) is 12.8. The lowest BCUT2D eigenvalue weighted by Gasteiger charge is -2.18. The van der Waals surface area contributed by atoms with Crippen LogP contribution in [-0.4, -0.2) is 30.3 Å². The molecule has 14 heavy (non-hydrogen) atoms. The van der Waals surface area contributed by atoms with Gasteiger partial charge in [-0.2, -0.15) is 0 Å². The summed E-state index contributed by atoms with van der Waals surface area (Å²) in [6.07, 6.45) is 0.805. The summed E-state index contributed by atoms with van der Waals surface area (Å²) in [5.74, 6) is 0. The van der Waals surface area contributed by atoms with Gasteiger partial charge in [-0.3, -0.25) is 0 Å². The van der Waals surface area contributed by atoms with Crippen LogP contribution in [0.2, 0.25) is 25.2 Å². The van der Waals surface area contributed by atoms with Gasteiger partial charge in [-0.25, -0.2) is 0 Å². The van der Waals surface area contributed by atoms with Gasteiger partial charge in [0, 0.05) is 12.2 Å². The first-order chi connectivity index (χ1) is 6.41. The van der Waals surface area contributed by atoms with Gasteiger partial charge >= 0.3 is 0 Å². The van der Waals surface area contributed by atoms with Gasteiger partial charge in [-0.05, 0) is 52.9 Å². The van der Waals surface area contributed by atoms with Gasteiger partial charge in [0.1, 0.15) is 0 Å². The maximum absolute atomic E-state index is 5.81. The van der Waals surface area contributed by atoms with Crippen LogP contribution >= 0.6 is 0 Å². The van der Waals surface area contributed by atoms with Gasteiger partial charge in [0.05, 0.1) is 0 Å². The summed E-state index contributed by atoms with van der Waals surface area (Å²) in [5, 5.41) is 0. The smallest absolute Gasteiger partial charge is 0.174 e. The molecule has 0 rings (SSSR count). The lowest BCUT2D eigenvalue weighted by Crippen LogP contribution is -2.23. The van der Waals surface area contributed by atoms with Crippen LogP contribution in [0.1, 0.15) is 27.7 Å². The molecule has 0 aliphatic carbocycles. The molecule has 4 heteroatoms. The third-order valence-corrected chi connectivity index (χ3v) is 6.97. The van der Waals surface area contributed by atoms with E-state index in [0.717, 1.165) is 0 Å². The summed E-state index contributed by atoms with van der Waals surface area (Å²) < 4.78 is 11.6. The molecule has 0 aliphatic heterocycles. The zero-order chi connectivity index (χ0) is 11.1. The van der Waals surface area contributed by atoms with E-state index in [1.165, 1.54) is 12.1 Å². The van der Waals surface area contributed by atoms with Gasteiger partial charge in [0.15, 0.2) is 18.1 Å². The Labute approximate surface area is 92.5 Å². The van der Waals surface area contributed by atoms with Crippen LogP contribution in [0.25, 0.3) is 0 Å². The van der Waals surface area contributed by atoms with Crippen molar-refractivity contribution in [1.82, 2.24) is 0 Å². The fourth-order valence-electron chi connectivity index (χ4n) is 1.53. The van der Waals surface area contributed by atoms with Crippen LogP contribution in [0.15, 0.2) is 0 Å². The van der Waals surface area contributed by atoms with E-state index < -0.39 is 18.1 Å². The standard InChI is InChI=1S/C10H26O2Si2/c1-9(2)11-13(5)7-8-14(6)12-10(3)4/h9-10,13-14H,7-8H2,1-6H3. The molecule has 2 atom stereocenters. The Morgan fingerprint density at radius 3 is 1.29 bits per heavy atom. The number of hydrogen-bond donors (Lipinski definition) is 0. The molecule has 0 fully saturated rings. The molecule has 86 valence electrons. The summed E-state index contributed by atoms with van der Waals surface area (Å²) >= 11 is 0. The average Bonchev–Trinajstić information content (AvgIpc) is 1.98. The third-order valence-electron chi connectivity index (χ3n) is 1.99. The van der Waals surface area contributed by atoms with Crippen molar-refractivity contribution in [3.05, 3.63) is 0 Å². The van der Waals surface area contributed by atoms with Gasteiger partial charge in [-0.1, -0.05) is 0 Å². The lowest BCUT2D eigenvalue weighted by atomic mass is 10.5. The molecule has 0 saturated carbocycles. The Kier molecular flexibility index (Phi) is 7.81. The maximum atomic E-state index is 5.81. The van der Waals surface area contributed by atoms with Crippen molar-refractivity contribution in [2.24, 2.45) is 0 Å². The molecule has 0 aromatic carbocycles. The Balaban J connectivity index is 3.50. The van der Waals surface area contributed by atoms with Crippen molar-refractivity contribution in [1.29, 1.82) is 0 Å². The van der Waals surface area contributed by atoms with E-state index in [1.807, 2.05) is 0 Å². The highest BCUT2D eigenvalue weighted by Crippen LogP contribution is 2.08. The predicted molar refractivity (Wildman–Crippen MR) is 68.1 cm³/mol. The van der Waals surface area contributed by atoms with Crippen molar-refractivity contribution in [3.8, 4) is 0 Å². The van der Waals surface area contributed by atoms with E-state index in [4.69, 9.17) is 8.85 Å². The van der Waals surface area contributed by atoms with E-state index in [-0.39, 0.29) is 0 Å². The highest BCUT2D eigenvalue weighted by molar-refractivity contribution is 6.56. The van der Waals surface area contributed by atoms with Gasteiger partial charge < -0.3 is 8.85 Å². The minimum Gasteiger partial charge on any atom is -0.418 e. The van der Waals surface area contributed by atoms with Gasteiger partial charge in [0.2, 0.25) is 0 Å². The van der Waals surface area contributed by atoms with Crippen LogP contribution in [-0.2, 0) is 8.85 Å². The normalized spacial score (nSPS) is 16.3. The average molecular weight is 234 g/mol. The molecule has 0 N–H and O–H groups in total. The second-order valence-electron chi connectivity index (χ2n) is 4.57. The Hall–Kier alpha value is 0.354. The molecule has 2 unspecified atom stereocenters. The maximum Gasteiger partial charge on any atom is 0.174 e. The molecule has 0 bridgehead atoms. The molecule has 0 radical (unpaired) electrons. The summed E-state index contributed by atoms with van der Waals surface area (Å²) in [6.45, 7) is 13.1. The zero-order valence-electron chi connectivity index (χ0n) is 10.5. The molecular formula is C10H26O2Si2. The molecule has 0 saturated heterocycles. The molecular weight excluding hydrogens is 208 g/mol. The van der Waals surface area contributed by atoms with Crippen molar-refractivity contribution < 1.29 is 8.85 Å². The molecule has 0 aromatic heterocycles. The Morgan fingerprint density at radius 2 is 1.07 bits per heavy atom. The van der Waals surface area contributed by atoms with Crippen LogP contribution in [0, 0.1) is 0 Å². The summed E-state index contributed by atoms with van der Waals surface area (Å²) in [7, 11) is -1.81. The van der Waals surface area contributed by atoms with Crippen molar-refractivity contribution in [2.75, 3.05) is 0 Å². The van der Waals surface area contributed by atoms with Crippen LogP contribution in [0.5, 0.6) is 0 Å². The fraction of sp³-hybridized carbons (Fsp3) is 1.00. The largest absolute Gasteiger partial charge is 0.418 e. The minimum atomic E-state index is -0.907. The van der Waals surface area contributed by atoms with Crippen molar-refractivity contribution in [3.63, 3.8) is 0 Å². The van der Waals surface area contributed by atoms with E-state index in [0.29, 0.717) is 12.2 Å². The van der Waals surface area contributed by atoms with E-state index in [9.17, 15) is 0 Å². The summed E-state index contributed by atoms with van der Waals surface area (Å²) in [6, 6.07) is 2.55. The van der Waals surface area contributed by atoms with Crippen LogP contribution in [0.4, 0.5) is 0 Å². The SMILES string of the molecule is CC(C)O[SiH](C)CC[SiH](C)OC(C)C. The monoisotopic (exact) mass is 234 g/mol. The first-order valence-electron chi connectivity index (χ1n) is 5.72. The second kappa shape index (κ2) is 7.62. The van der Waals surface area contributed by atoms with E-state index in [2.05, 4.69) is 40.8 Å². The van der Waals surface area contributed by atoms with Crippen LogP contribution < -0.4 is 0 Å². The van der Waals surface area contributed by atoms with Gasteiger partial charge in [0.25, 0.3) is 0 Å². The molecule has 0 aliphatic rings. The van der Waals surface area contributed by atoms with E-state index >= 15 is 0 Å². The number of rotatable bonds is 7. The molecule has 0 aromatic rings. The second-order valence-corrected chi connectivity index (χ2v) is 9.51.